The molecule has 0 amide bonds. The van der Waals surface area contributed by atoms with E-state index in [9.17, 15) is 10.1 Å². The molecule has 1 fully saturated rings. The Balaban J connectivity index is 2.29. The smallest absolute Gasteiger partial charge is 0.312 e. The Morgan fingerprint density at radius 3 is 2.39 bits per heavy atom. The molecule has 0 bridgehead atoms. The number of hydrogen-bond donors (Lipinski definition) is 1. The fraction of sp³-hybridized carbons (Fsp3) is 0.583. The molecule has 0 atom stereocenters. The van der Waals surface area contributed by atoms with Crippen LogP contribution in [-0.2, 0) is 0 Å². The maximum absolute atomic E-state index is 11.0. The molecule has 0 saturated heterocycles. The number of halogens is 1. The van der Waals surface area contributed by atoms with Gasteiger partial charge in [0.05, 0.1) is 4.92 Å². The van der Waals surface area contributed by atoms with E-state index in [-0.39, 0.29) is 22.6 Å². The fourth-order valence-corrected chi connectivity index (χ4v) is 2.69. The molecule has 1 N–H and O–H groups in total. The zero-order valence-electron chi connectivity index (χ0n) is 10.8. The molecule has 0 aliphatic heterocycles. The zero-order valence-corrected chi connectivity index (χ0v) is 12.4. The van der Waals surface area contributed by atoms with E-state index in [0.29, 0.717) is 10.3 Å². The maximum Gasteiger partial charge on any atom is 0.312 e. The third kappa shape index (κ3) is 1.88. The molecule has 1 aliphatic carbocycles. The van der Waals surface area contributed by atoms with Crippen molar-refractivity contribution in [2.24, 2.45) is 10.8 Å². The summed E-state index contributed by atoms with van der Waals surface area (Å²) in [5, 5.41) is 14.2. The summed E-state index contributed by atoms with van der Waals surface area (Å²) in [4.78, 5) is 14.7. The van der Waals surface area contributed by atoms with Crippen LogP contribution in [0.25, 0.3) is 0 Å². The first kappa shape index (κ1) is 13.3. The third-order valence-electron chi connectivity index (χ3n) is 4.33. The van der Waals surface area contributed by atoms with Crippen molar-refractivity contribution in [1.29, 1.82) is 0 Å². The Morgan fingerprint density at radius 1 is 1.39 bits per heavy atom. The molecular formula is C12H16BrN3O2. The van der Waals surface area contributed by atoms with Crippen LogP contribution < -0.4 is 5.32 Å². The minimum absolute atomic E-state index is 0.00266. The normalized spacial score (nSPS) is 20.5. The highest BCUT2D eigenvalue weighted by Gasteiger charge is 2.65. The third-order valence-corrected chi connectivity index (χ3v) is 4.77. The van der Waals surface area contributed by atoms with Crippen LogP contribution in [0.3, 0.4) is 0 Å². The minimum Gasteiger partial charge on any atom is -0.360 e. The zero-order chi connectivity index (χ0) is 13.7. The maximum atomic E-state index is 11.0. The molecule has 0 unspecified atom stereocenters. The average molecular weight is 314 g/mol. The lowest BCUT2D eigenvalue weighted by molar-refractivity contribution is -0.384. The van der Waals surface area contributed by atoms with Gasteiger partial charge in [-0.15, -0.1) is 0 Å². The van der Waals surface area contributed by atoms with E-state index in [1.807, 2.05) is 0 Å². The van der Waals surface area contributed by atoms with E-state index in [1.54, 1.807) is 6.20 Å². The summed E-state index contributed by atoms with van der Waals surface area (Å²) in [7, 11) is 0. The van der Waals surface area contributed by atoms with Crippen LogP contribution in [0.15, 0.2) is 16.7 Å². The van der Waals surface area contributed by atoms with E-state index in [4.69, 9.17) is 0 Å². The summed E-state index contributed by atoms with van der Waals surface area (Å²) in [6.45, 7) is 8.59. The Hall–Kier alpha value is -1.17. The highest BCUT2D eigenvalue weighted by atomic mass is 79.9. The van der Waals surface area contributed by atoms with Gasteiger partial charge < -0.3 is 5.32 Å². The van der Waals surface area contributed by atoms with E-state index < -0.39 is 4.92 Å². The molecule has 0 aromatic carbocycles. The Kier molecular flexibility index (Phi) is 2.88. The lowest BCUT2D eigenvalue weighted by Crippen LogP contribution is -2.12. The summed E-state index contributed by atoms with van der Waals surface area (Å²) in [5.74, 6) is 0.340. The van der Waals surface area contributed by atoms with E-state index in [2.05, 4.69) is 53.9 Å². The van der Waals surface area contributed by atoms with Gasteiger partial charge in [0.2, 0.25) is 5.82 Å². The van der Waals surface area contributed by atoms with Crippen LogP contribution in [0.5, 0.6) is 0 Å². The molecule has 0 spiro atoms. The predicted molar refractivity (Wildman–Crippen MR) is 73.6 cm³/mol. The molecule has 98 valence electrons. The van der Waals surface area contributed by atoms with Crippen molar-refractivity contribution >= 4 is 27.4 Å². The number of anilines is 1. The summed E-state index contributed by atoms with van der Waals surface area (Å²) in [5.41, 5.74) is 0.216. The van der Waals surface area contributed by atoms with Crippen molar-refractivity contribution in [1.82, 2.24) is 4.98 Å². The second-order valence-electron chi connectivity index (χ2n) is 5.80. The largest absolute Gasteiger partial charge is 0.360 e. The number of nitrogens with zero attached hydrogens (tertiary/aromatic N) is 2. The van der Waals surface area contributed by atoms with Crippen molar-refractivity contribution in [3.63, 3.8) is 0 Å². The topological polar surface area (TPSA) is 68.1 Å². The van der Waals surface area contributed by atoms with Gasteiger partial charge in [0, 0.05) is 22.8 Å². The quantitative estimate of drug-likeness (QED) is 0.684. The first-order chi connectivity index (χ1) is 8.18. The van der Waals surface area contributed by atoms with Crippen molar-refractivity contribution in [3.8, 4) is 0 Å². The Labute approximate surface area is 114 Å². The number of hydrogen-bond acceptors (Lipinski definition) is 4. The molecule has 1 saturated carbocycles. The summed E-state index contributed by atoms with van der Waals surface area (Å²) >= 11 is 3.20. The monoisotopic (exact) mass is 313 g/mol. The van der Waals surface area contributed by atoms with Gasteiger partial charge in [-0.2, -0.15) is 0 Å². The van der Waals surface area contributed by atoms with E-state index in [0.717, 1.165) is 0 Å². The van der Waals surface area contributed by atoms with Crippen molar-refractivity contribution in [3.05, 3.63) is 26.9 Å². The van der Waals surface area contributed by atoms with Crippen LogP contribution in [-0.4, -0.2) is 15.9 Å². The number of nitro groups is 1. The lowest BCUT2D eigenvalue weighted by Gasteiger charge is -2.07. The van der Waals surface area contributed by atoms with Crippen molar-refractivity contribution in [2.75, 3.05) is 5.32 Å². The highest BCUT2D eigenvalue weighted by molar-refractivity contribution is 9.10. The van der Waals surface area contributed by atoms with Crippen LogP contribution >= 0.6 is 15.9 Å². The van der Waals surface area contributed by atoms with Gasteiger partial charge in [-0.3, -0.25) is 10.1 Å². The van der Waals surface area contributed by atoms with Crippen molar-refractivity contribution < 1.29 is 4.92 Å². The van der Waals surface area contributed by atoms with Gasteiger partial charge in [-0.25, -0.2) is 4.98 Å². The summed E-state index contributed by atoms with van der Waals surface area (Å²) in [6.07, 6.45) is 1.57. The van der Waals surface area contributed by atoms with Gasteiger partial charge in [0.1, 0.15) is 0 Å². The van der Waals surface area contributed by atoms with Crippen molar-refractivity contribution in [2.45, 2.75) is 33.7 Å². The molecule has 1 aromatic heterocycles. The summed E-state index contributed by atoms with van der Waals surface area (Å²) < 4.78 is 0.606. The van der Waals surface area contributed by atoms with Gasteiger partial charge >= 0.3 is 5.69 Å². The number of aromatic nitrogens is 1. The molecule has 18 heavy (non-hydrogen) atoms. The average Bonchev–Trinajstić information content (AvgIpc) is 2.62. The minimum atomic E-state index is -0.414. The van der Waals surface area contributed by atoms with E-state index >= 15 is 0 Å². The van der Waals surface area contributed by atoms with Gasteiger partial charge in [-0.1, -0.05) is 27.7 Å². The predicted octanol–water partition coefficient (Wildman–Crippen LogP) is 3.60. The number of nitrogens with one attached hydrogen (secondary N) is 1. The molecule has 6 heteroatoms. The van der Waals surface area contributed by atoms with Gasteiger partial charge in [-0.05, 0) is 26.8 Å². The Bertz CT molecular complexity index is 500. The summed E-state index contributed by atoms with van der Waals surface area (Å²) in [6, 6.07) is 1.66. The number of pyridine rings is 1. The molecule has 5 nitrogen and oxygen atoms in total. The van der Waals surface area contributed by atoms with Gasteiger partial charge in [0.25, 0.3) is 0 Å². The first-order valence-electron chi connectivity index (χ1n) is 5.74. The van der Waals surface area contributed by atoms with Crippen LogP contribution in [0.1, 0.15) is 27.7 Å². The molecular weight excluding hydrogens is 298 g/mol. The number of rotatable bonds is 3. The molecule has 1 aliphatic rings. The van der Waals surface area contributed by atoms with Crippen LogP contribution in [0, 0.1) is 20.9 Å². The fourth-order valence-electron chi connectivity index (χ4n) is 2.37. The van der Waals surface area contributed by atoms with Gasteiger partial charge in [0.15, 0.2) is 0 Å². The molecule has 2 rings (SSSR count). The SMILES string of the molecule is CC1(C)C(Nc2ncc(Br)cc2[N+](=O)[O-])C1(C)C. The first-order valence-corrected chi connectivity index (χ1v) is 6.53. The standard InChI is InChI=1S/C12H16BrN3O2/c1-11(2)10(12(11,3)4)15-9-8(16(17)18)5-7(13)6-14-9/h5-6,10H,1-4H3,(H,14,15). The molecule has 0 radical (unpaired) electrons. The molecule has 1 aromatic rings. The Morgan fingerprint density at radius 2 is 1.94 bits per heavy atom. The van der Waals surface area contributed by atoms with E-state index in [1.165, 1.54) is 6.07 Å². The lowest BCUT2D eigenvalue weighted by atomic mass is 10.0. The second kappa shape index (κ2) is 3.91. The van der Waals surface area contributed by atoms with Crippen LogP contribution in [0.4, 0.5) is 11.5 Å². The second-order valence-corrected chi connectivity index (χ2v) is 6.71. The van der Waals surface area contributed by atoms with Crippen LogP contribution in [0.2, 0.25) is 0 Å². The molecule has 1 heterocycles. The highest BCUT2D eigenvalue weighted by Crippen LogP contribution is 2.63.